The lowest BCUT2D eigenvalue weighted by Gasteiger charge is -2.34. The number of aliphatic hydroxyl groups is 1. The van der Waals surface area contributed by atoms with Crippen LogP contribution in [0.15, 0.2) is 91.0 Å². The maximum absolute atomic E-state index is 10.4. The number of aliphatic hydroxyl groups excluding tert-OH is 1. The molecule has 3 heteroatoms. The van der Waals surface area contributed by atoms with Crippen molar-refractivity contribution in [3.63, 3.8) is 0 Å². The lowest BCUT2D eigenvalue weighted by atomic mass is 10.00. The van der Waals surface area contributed by atoms with Crippen LogP contribution in [0.3, 0.4) is 0 Å². The Labute approximate surface area is 186 Å². The number of nitrogens with zero attached hydrogens (tertiary/aromatic N) is 1. The lowest BCUT2D eigenvalue weighted by Crippen LogP contribution is -2.38. The van der Waals surface area contributed by atoms with Crippen LogP contribution in [-0.4, -0.2) is 35.7 Å². The highest BCUT2D eigenvalue weighted by atomic mass is 16.5. The molecule has 3 aromatic carbocycles. The summed E-state index contributed by atoms with van der Waals surface area (Å²) in [5.74, 6) is 0. The van der Waals surface area contributed by atoms with Gasteiger partial charge in [0, 0.05) is 13.1 Å². The van der Waals surface area contributed by atoms with Gasteiger partial charge in [-0.25, -0.2) is 0 Å². The Morgan fingerprint density at radius 3 is 1.74 bits per heavy atom. The molecule has 0 aliphatic carbocycles. The SMILES string of the molecule is OC(CCCN1CCC(OC(c2ccccc2)c2ccccc2)CC1)c1ccccc1. The number of ether oxygens (including phenoxy) is 1. The van der Waals surface area contributed by atoms with E-state index in [0.717, 1.165) is 50.9 Å². The molecule has 0 amide bonds. The van der Waals surface area contributed by atoms with E-state index in [9.17, 15) is 5.11 Å². The molecular weight excluding hydrogens is 382 g/mol. The van der Waals surface area contributed by atoms with E-state index < -0.39 is 0 Å². The quantitative estimate of drug-likeness (QED) is 0.481. The maximum atomic E-state index is 10.4. The molecule has 1 fully saturated rings. The van der Waals surface area contributed by atoms with Gasteiger partial charge >= 0.3 is 0 Å². The molecule has 1 aliphatic rings. The molecule has 0 bridgehead atoms. The van der Waals surface area contributed by atoms with Crippen LogP contribution in [0.1, 0.15) is 54.6 Å². The Bertz CT molecular complexity index is 837. The van der Waals surface area contributed by atoms with Crippen LogP contribution in [0.2, 0.25) is 0 Å². The number of piperidine rings is 1. The average Bonchev–Trinajstić information content (AvgIpc) is 2.85. The van der Waals surface area contributed by atoms with Crippen LogP contribution in [0.25, 0.3) is 0 Å². The molecule has 4 rings (SSSR count). The predicted octanol–water partition coefficient (Wildman–Crippen LogP) is 5.77. The number of benzene rings is 3. The third-order valence-electron chi connectivity index (χ3n) is 6.20. The molecule has 0 saturated carbocycles. The topological polar surface area (TPSA) is 32.7 Å². The van der Waals surface area contributed by atoms with Crippen LogP contribution >= 0.6 is 0 Å². The maximum Gasteiger partial charge on any atom is 0.108 e. The summed E-state index contributed by atoms with van der Waals surface area (Å²) in [6.07, 6.45) is 3.83. The summed E-state index contributed by atoms with van der Waals surface area (Å²) >= 11 is 0. The molecule has 0 radical (unpaired) electrons. The van der Waals surface area contributed by atoms with Crippen LogP contribution in [0.5, 0.6) is 0 Å². The Morgan fingerprint density at radius 2 is 1.23 bits per heavy atom. The van der Waals surface area contributed by atoms with Gasteiger partial charge in [0.05, 0.1) is 12.2 Å². The van der Waals surface area contributed by atoms with Crippen molar-refractivity contribution in [3.05, 3.63) is 108 Å². The van der Waals surface area contributed by atoms with Crippen molar-refractivity contribution in [2.45, 2.75) is 44.0 Å². The fourth-order valence-corrected chi connectivity index (χ4v) is 4.42. The molecule has 1 heterocycles. The van der Waals surface area contributed by atoms with Gasteiger partial charge in [-0.1, -0.05) is 91.0 Å². The van der Waals surface area contributed by atoms with Crippen molar-refractivity contribution >= 4 is 0 Å². The third kappa shape index (κ3) is 6.27. The van der Waals surface area contributed by atoms with Crippen molar-refractivity contribution in [2.75, 3.05) is 19.6 Å². The smallest absolute Gasteiger partial charge is 0.108 e. The Morgan fingerprint density at radius 1 is 0.742 bits per heavy atom. The van der Waals surface area contributed by atoms with Gasteiger partial charge in [-0.15, -0.1) is 0 Å². The van der Waals surface area contributed by atoms with Crippen LogP contribution in [0.4, 0.5) is 0 Å². The fourth-order valence-electron chi connectivity index (χ4n) is 4.42. The van der Waals surface area contributed by atoms with Crippen molar-refractivity contribution in [1.29, 1.82) is 0 Å². The summed E-state index contributed by atoms with van der Waals surface area (Å²) in [5.41, 5.74) is 3.44. The zero-order valence-corrected chi connectivity index (χ0v) is 18.1. The lowest BCUT2D eigenvalue weighted by molar-refractivity contribution is -0.0274. The van der Waals surface area contributed by atoms with Gasteiger partial charge in [0.15, 0.2) is 0 Å². The third-order valence-corrected chi connectivity index (χ3v) is 6.20. The summed E-state index contributed by atoms with van der Waals surface area (Å²) in [6, 6.07) is 31.0. The molecule has 3 aromatic rings. The largest absolute Gasteiger partial charge is 0.388 e. The van der Waals surface area contributed by atoms with Gasteiger partial charge in [0.25, 0.3) is 0 Å². The minimum absolute atomic E-state index is 0.0139. The highest BCUT2D eigenvalue weighted by Gasteiger charge is 2.24. The number of likely N-dealkylation sites (tertiary alicyclic amines) is 1. The van der Waals surface area contributed by atoms with Gasteiger partial charge in [0.1, 0.15) is 6.10 Å². The normalized spacial score (nSPS) is 16.5. The van der Waals surface area contributed by atoms with E-state index in [0.29, 0.717) is 0 Å². The summed E-state index contributed by atoms with van der Waals surface area (Å²) in [7, 11) is 0. The molecule has 162 valence electrons. The number of hydrogen-bond donors (Lipinski definition) is 1. The summed E-state index contributed by atoms with van der Waals surface area (Å²) in [6.45, 7) is 3.15. The predicted molar refractivity (Wildman–Crippen MR) is 126 cm³/mol. The first-order chi connectivity index (χ1) is 15.3. The van der Waals surface area contributed by atoms with Crippen molar-refractivity contribution in [1.82, 2.24) is 4.90 Å². The van der Waals surface area contributed by atoms with Gasteiger partial charge in [-0.2, -0.15) is 0 Å². The summed E-state index contributed by atoms with van der Waals surface area (Å²) < 4.78 is 6.65. The molecule has 31 heavy (non-hydrogen) atoms. The standard InChI is InChI=1S/C28H33NO2/c30-27(23-11-4-1-5-12-23)17-10-20-29-21-18-26(19-22-29)31-28(24-13-6-2-7-14-24)25-15-8-3-9-16-25/h1-9,11-16,26-28,30H,10,17-22H2. The van der Waals surface area contributed by atoms with E-state index in [1.54, 1.807) is 0 Å². The van der Waals surface area contributed by atoms with Crippen LogP contribution in [-0.2, 0) is 4.74 Å². The first kappa shape index (κ1) is 21.8. The molecule has 1 atom stereocenters. The number of hydrogen-bond acceptors (Lipinski definition) is 3. The van der Waals surface area contributed by atoms with E-state index in [4.69, 9.17) is 4.74 Å². The van der Waals surface area contributed by atoms with Crippen molar-refractivity contribution in [3.8, 4) is 0 Å². The van der Waals surface area contributed by atoms with E-state index in [2.05, 4.69) is 65.6 Å². The minimum Gasteiger partial charge on any atom is -0.388 e. The summed E-state index contributed by atoms with van der Waals surface area (Å²) in [5, 5.41) is 10.4. The second-order valence-corrected chi connectivity index (χ2v) is 8.45. The van der Waals surface area contributed by atoms with Gasteiger partial charge in [-0.3, -0.25) is 0 Å². The number of rotatable bonds is 9. The van der Waals surface area contributed by atoms with Gasteiger partial charge in [0.2, 0.25) is 0 Å². The minimum atomic E-state index is -0.362. The average molecular weight is 416 g/mol. The Balaban J connectivity index is 1.26. The monoisotopic (exact) mass is 415 g/mol. The van der Waals surface area contributed by atoms with E-state index in [1.165, 1.54) is 11.1 Å². The van der Waals surface area contributed by atoms with E-state index >= 15 is 0 Å². The highest BCUT2D eigenvalue weighted by Crippen LogP contribution is 2.30. The molecule has 1 saturated heterocycles. The van der Waals surface area contributed by atoms with Crippen molar-refractivity contribution < 1.29 is 9.84 Å². The van der Waals surface area contributed by atoms with Gasteiger partial charge < -0.3 is 14.7 Å². The second-order valence-electron chi connectivity index (χ2n) is 8.45. The first-order valence-electron chi connectivity index (χ1n) is 11.5. The zero-order valence-electron chi connectivity index (χ0n) is 18.1. The Kier molecular flexibility index (Phi) is 7.89. The molecule has 3 nitrogen and oxygen atoms in total. The molecule has 0 spiro atoms. The zero-order chi connectivity index (χ0) is 21.3. The molecule has 1 aliphatic heterocycles. The molecular formula is C28H33NO2. The molecule has 0 aromatic heterocycles. The molecule has 1 unspecified atom stereocenters. The fraction of sp³-hybridized carbons (Fsp3) is 0.357. The molecule has 1 N–H and O–H groups in total. The summed E-state index contributed by atoms with van der Waals surface area (Å²) in [4.78, 5) is 2.51. The Hall–Kier alpha value is -2.46. The van der Waals surface area contributed by atoms with E-state index in [-0.39, 0.29) is 18.3 Å². The van der Waals surface area contributed by atoms with E-state index in [1.807, 2.05) is 30.3 Å². The second kappa shape index (κ2) is 11.2. The van der Waals surface area contributed by atoms with Crippen LogP contribution < -0.4 is 0 Å². The first-order valence-corrected chi connectivity index (χ1v) is 11.5. The highest BCUT2D eigenvalue weighted by molar-refractivity contribution is 5.30. The van der Waals surface area contributed by atoms with Gasteiger partial charge in [-0.05, 0) is 48.9 Å². The van der Waals surface area contributed by atoms with Crippen molar-refractivity contribution in [2.24, 2.45) is 0 Å². The van der Waals surface area contributed by atoms with Crippen LogP contribution in [0, 0.1) is 0 Å².